The molecule has 1 fully saturated rings. The first kappa shape index (κ1) is 13.5. The van der Waals surface area contributed by atoms with E-state index in [0.717, 1.165) is 24.8 Å². The van der Waals surface area contributed by atoms with Crippen LogP contribution in [0.25, 0.3) is 0 Å². The van der Waals surface area contributed by atoms with Crippen molar-refractivity contribution in [3.8, 4) is 0 Å². The highest BCUT2D eigenvalue weighted by Crippen LogP contribution is 2.31. The SMILES string of the molecule is C=C1CC(O)C[C@H]1/C=C/C(O)CCCCC. The van der Waals surface area contributed by atoms with Crippen LogP contribution in [0, 0.1) is 5.92 Å². The van der Waals surface area contributed by atoms with Gasteiger partial charge in [0.2, 0.25) is 0 Å². The van der Waals surface area contributed by atoms with Crippen molar-refractivity contribution in [1.82, 2.24) is 0 Å². The van der Waals surface area contributed by atoms with Crippen molar-refractivity contribution in [3.05, 3.63) is 24.3 Å². The van der Waals surface area contributed by atoms with Crippen LogP contribution in [0.15, 0.2) is 24.3 Å². The van der Waals surface area contributed by atoms with Crippen LogP contribution in [0.1, 0.15) is 45.4 Å². The monoisotopic (exact) mass is 224 g/mol. The summed E-state index contributed by atoms with van der Waals surface area (Å²) in [5.41, 5.74) is 1.09. The fourth-order valence-electron chi connectivity index (χ4n) is 2.17. The summed E-state index contributed by atoms with van der Waals surface area (Å²) < 4.78 is 0. The Kier molecular flexibility index (Phi) is 5.78. The fourth-order valence-corrected chi connectivity index (χ4v) is 2.17. The van der Waals surface area contributed by atoms with Crippen LogP contribution < -0.4 is 0 Å². The number of hydrogen-bond donors (Lipinski definition) is 2. The van der Waals surface area contributed by atoms with Gasteiger partial charge in [0.1, 0.15) is 0 Å². The van der Waals surface area contributed by atoms with Gasteiger partial charge in [0.05, 0.1) is 12.2 Å². The molecule has 0 aromatic heterocycles. The maximum absolute atomic E-state index is 9.71. The van der Waals surface area contributed by atoms with E-state index in [0.29, 0.717) is 6.42 Å². The molecule has 92 valence electrons. The van der Waals surface area contributed by atoms with Crippen molar-refractivity contribution in [2.24, 2.45) is 5.92 Å². The number of unbranched alkanes of at least 4 members (excludes halogenated alkanes) is 2. The maximum Gasteiger partial charge on any atom is 0.0721 e. The van der Waals surface area contributed by atoms with Crippen molar-refractivity contribution in [3.63, 3.8) is 0 Å². The van der Waals surface area contributed by atoms with E-state index in [1.165, 1.54) is 12.8 Å². The number of aliphatic hydroxyl groups is 2. The Balaban J connectivity index is 2.27. The molecule has 1 aliphatic carbocycles. The second-order valence-electron chi connectivity index (χ2n) is 4.81. The highest BCUT2D eigenvalue weighted by atomic mass is 16.3. The number of allylic oxidation sites excluding steroid dienone is 1. The van der Waals surface area contributed by atoms with Gasteiger partial charge in [-0.05, 0) is 19.3 Å². The third kappa shape index (κ3) is 4.50. The summed E-state index contributed by atoms with van der Waals surface area (Å²) in [6, 6.07) is 0. The van der Waals surface area contributed by atoms with Crippen molar-refractivity contribution >= 4 is 0 Å². The van der Waals surface area contributed by atoms with E-state index in [-0.39, 0.29) is 18.1 Å². The summed E-state index contributed by atoms with van der Waals surface area (Å²) in [6.45, 7) is 6.11. The normalized spacial score (nSPS) is 27.8. The van der Waals surface area contributed by atoms with Crippen LogP contribution in [0.2, 0.25) is 0 Å². The topological polar surface area (TPSA) is 40.5 Å². The number of aliphatic hydroxyl groups excluding tert-OH is 2. The Morgan fingerprint density at radius 3 is 2.81 bits per heavy atom. The lowest BCUT2D eigenvalue weighted by Gasteiger charge is -2.07. The van der Waals surface area contributed by atoms with E-state index in [4.69, 9.17) is 0 Å². The minimum atomic E-state index is -0.336. The van der Waals surface area contributed by atoms with E-state index in [1.54, 1.807) is 0 Å². The molecule has 0 aromatic carbocycles. The van der Waals surface area contributed by atoms with Gasteiger partial charge in [0.25, 0.3) is 0 Å². The fraction of sp³-hybridized carbons (Fsp3) is 0.714. The quantitative estimate of drug-likeness (QED) is 0.538. The number of rotatable bonds is 6. The molecule has 3 atom stereocenters. The predicted molar refractivity (Wildman–Crippen MR) is 67.2 cm³/mol. The molecular formula is C14H24O2. The van der Waals surface area contributed by atoms with Gasteiger partial charge in [-0.15, -0.1) is 0 Å². The largest absolute Gasteiger partial charge is 0.393 e. The molecule has 1 saturated carbocycles. The van der Waals surface area contributed by atoms with Gasteiger partial charge in [0.15, 0.2) is 0 Å². The molecule has 1 aliphatic rings. The molecular weight excluding hydrogens is 200 g/mol. The smallest absolute Gasteiger partial charge is 0.0721 e. The molecule has 0 radical (unpaired) electrons. The molecule has 0 spiro atoms. The van der Waals surface area contributed by atoms with Gasteiger partial charge < -0.3 is 10.2 Å². The van der Waals surface area contributed by atoms with Crippen LogP contribution in [-0.4, -0.2) is 22.4 Å². The van der Waals surface area contributed by atoms with Crippen molar-refractivity contribution in [2.45, 2.75) is 57.7 Å². The molecule has 2 unspecified atom stereocenters. The lowest BCUT2D eigenvalue weighted by atomic mass is 10.0. The molecule has 0 saturated heterocycles. The summed E-state index contributed by atoms with van der Waals surface area (Å²) >= 11 is 0. The zero-order chi connectivity index (χ0) is 12.0. The van der Waals surface area contributed by atoms with Gasteiger partial charge in [-0.3, -0.25) is 0 Å². The second-order valence-corrected chi connectivity index (χ2v) is 4.81. The molecule has 2 nitrogen and oxygen atoms in total. The lowest BCUT2D eigenvalue weighted by Crippen LogP contribution is -2.03. The Morgan fingerprint density at radius 1 is 1.50 bits per heavy atom. The van der Waals surface area contributed by atoms with Crippen LogP contribution in [0.4, 0.5) is 0 Å². The van der Waals surface area contributed by atoms with Crippen LogP contribution >= 0.6 is 0 Å². The third-order valence-corrected chi connectivity index (χ3v) is 3.22. The zero-order valence-corrected chi connectivity index (χ0v) is 10.2. The standard InChI is InChI=1S/C14H24O2/c1-3-4-5-6-13(15)8-7-12-10-14(16)9-11(12)2/h7-8,12-16H,2-6,9-10H2,1H3/b8-7+/t12-,13?,14?/m1/s1. The minimum absolute atomic E-state index is 0.237. The van der Waals surface area contributed by atoms with E-state index >= 15 is 0 Å². The van der Waals surface area contributed by atoms with Crippen molar-refractivity contribution < 1.29 is 10.2 Å². The minimum Gasteiger partial charge on any atom is -0.393 e. The van der Waals surface area contributed by atoms with Crippen LogP contribution in [-0.2, 0) is 0 Å². The maximum atomic E-state index is 9.71. The molecule has 2 N–H and O–H groups in total. The van der Waals surface area contributed by atoms with Crippen molar-refractivity contribution in [2.75, 3.05) is 0 Å². The van der Waals surface area contributed by atoms with Gasteiger partial charge in [-0.2, -0.15) is 0 Å². The molecule has 1 rings (SSSR count). The summed E-state index contributed by atoms with van der Waals surface area (Å²) in [7, 11) is 0. The van der Waals surface area contributed by atoms with E-state index < -0.39 is 0 Å². The molecule has 16 heavy (non-hydrogen) atoms. The van der Waals surface area contributed by atoms with Crippen molar-refractivity contribution in [1.29, 1.82) is 0 Å². The summed E-state index contributed by atoms with van der Waals surface area (Å²) in [4.78, 5) is 0. The number of hydrogen-bond acceptors (Lipinski definition) is 2. The van der Waals surface area contributed by atoms with Gasteiger partial charge in [0, 0.05) is 5.92 Å². The van der Waals surface area contributed by atoms with Crippen LogP contribution in [0.3, 0.4) is 0 Å². The van der Waals surface area contributed by atoms with Gasteiger partial charge >= 0.3 is 0 Å². The van der Waals surface area contributed by atoms with Gasteiger partial charge in [-0.25, -0.2) is 0 Å². The molecule has 0 amide bonds. The average molecular weight is 224 g/mol. The predicted octanol–water partition coefficient (Wildman–Crippen LogP) is 2.81. The first-order chi connectivity index (χ1) is 7.63. The third-order valence-electron chi connectivity index (χ3n) is 3.22. The van der Waals surface area contributed by atoms with Crippen LogP contribution in [0.5, 0.6) is 0 Å². The zero-order valence-electron chi connectivity index (χ0n) is 10.2. The Hall–Kier alpha value is -0.600. The van der Waals surface area contributed by atoms with E-state index in [9.17, 15) is 10.2 Å². The summed E-state index contributed by atoms with van der Waals surface area (Å²) in [5.74, 6) is 0.260. The first-order valence-corrected chi connectivity index (χ1v) is 6.35. The Labute approximate surface area is 98.7 Å². The van der Waals surface area contributed by atoms with E-state index in [1.807, 2.05) is 12.2 Å². The van der Waals surface area contributed by atoms with E-state index in [2.05, 4.69) is 13.5 Å². The Morgan fingerprint density at radius 2 is 2.25 bits per heavy atom. The summed E-state index contributed by atoms with van der Waals surface area (Å²) in [6.07, 6.45) is 9.05. The molecule has 0 aliphatic heterocycles. The lowest BCUT2D eigenvalue weighted by molar-refractivity contribution is 0.181. The highest BCUT2D eigenvalue weighted by molar-refractivity contribution is 5.16. The highest BCUT2D eigenvalue weighted by Gasteiger charge is 2.24. The second kappa shape index (κ2) is 6.87. The Bertz CT molecular complexity index is 245. The average Bonchev–Trinajstić information content (AvgIpc) is 2.55. The molecule has 2 heteroatoms. The van der Waals surface area contributed by atoms with Gasteiger partial charge in [-0.1, -0.05) is 50.5 Å². The molecule has 0 aromatic rings. The molecule has 0 bridgehead atoms. The molecule has 0 heterocycles. The summed E-state index contributed by atoms with van der Waals surface area (Å²) in [5, 5.41) is 19.2. The first-order valence-electron chi connectivity index (χ1n) is 6.35.